The fourth-order valence-electron chi connectivity index (χ4n) is 8.40. The predicted molar refractivity (Wildman–Crippen MR) is 253 cm³/mol. The summed E-state index contributed by atoms with van der Waals surface area (Å²) >= 11 is 0. The van der Waals surface area contributed by atoms with E-state index < -0.39 is 4.92 Å². The molecule has 3 aliphatic rings. The third-order valence-electron chi connectivity index (χ3n) is 11.6. The van der Waals surface area contributed by atoms with Gasteiger partial charge in [-0.25, -0.2) is 0 Å². The lowest BCUT2D eigenvalue weighted by Gasteiger charge is -2.23. The number of rotatable bonds is 9. The van der Waals surface area contributed by atoms with E-state index in [1.165, 1.54) is 18.2 Å². The largest absolute Gasteiger partial charge is 0.508 e. The average molecular weight is 905 g/mol. The SMILES string of the molecule is CCCOc1c2cccc1Cc1cccc3c1OCCOCCOCCN(Cc1cc([N+](=O)[O-])ccc1O)CCOCCOCCOc1c(cccc1Cc1cccc(c1OCCC)C3)C2. The van der Waals surface area contributed by atoms with E-state index >= 15 is 0 Å². The van der Waals surface area contributed by atoms with Gasteiger partial charge < -0.3 is 43.0 Å². The minimum absolute atomic E-state index is 0.00304. The highest BCUT2D eigenvalue weighted by Gasteiger charge is 2.22. The first-order chi connectivity index (χ1) is 32.4. The quantitative estimate of drug-likeness (QED) is 0.0842. The van der Waals surface area contributed by atoms with Crippen molar-refractivity contribution in [2.24, 2.45) is 0 Å². The van der Waals surface area contributed by atoms with E-state index in [0.29, 0.717) is 124 Å². The van der Waals surface area contributed by atoms with Gasteiger partial charge in [0.05, 0.1) is 71.0 Å². The number of hydrogen-bond donors (Lipinski definition) is 1. The Morgan fingerprint density at radius 3 is 1.32 bits per heavy atom. The lowest BCUT2D eigenvalue weighted by molar-refractivity contribution is -0.385. The first kappa shape index (κ1) is 48.2. The van der Waals surface area contributed by atoms with Crippen molar-refractivity contribution in [1.29, 1.82) is 0 Å². The first-order valence-corrected chi connectivity index (χ1v) is 23.4. The van der Waals surface area contributed by atoms with Crippen LogP contribution >= 0.6 is 0 Å². The van der Waals surface area contributed by atoms with Gasteiger partial charge in [-0.15, -0.1) is 0 Å². The standard InChI is InChI=1S/C53H64N2O11/c1-3-21-63-50-39-9-5-10-40(50)34-44-14-8-16-46-36-42-12-6-11-41(51(42)64-22-4-2)35-45-15-7-13-43(33-39)52(45)65-31-29-61-27-25-59-23-19-54(20-24-60-26-28-62-30-32-66-53(44)46)38-47-37-48(55(57)58)17-18-49(47)56/h5-18,37,56H,3-4,19-36,38H2,1-2H3. The molecule has 0 amide bonds. The summed E-state index contributed by atoms with van der Waals surface area (Å²) in [5.74, 6) is 3.45. The number of benzene rings is 5. The highest BCUT2D eigenvalue weighted by molar-refractivity contribution is 5.56. The summed E-state index contributed by atoms with van der Waals surface area (Å²) in [6.45, 7) is 10.4. The van der Waals surface area contributed by atoms with Gasteiger partial charge in [0, 0.05) is 63.0 Å². The van der Waals surface area contributed by atoms with Crippen LogP contribution in [0.3, 0.4) is 0 Å². The molecule has 0 fully saturated rings. The number of aromatic hydroxyl groups is 1. The van der Waals surface area contributed by atoms with E-state index in [0.717, 1.165) is 80.3 Å². The smallest absolute Gasteiger partial charge is 0.270 e. The summed E-state index contributed by atoms with van der Waals surface area (Å²) in [5.41, 5.74) is 8.94. The Hall–Kier alpha value is -5.70. The van der Waals surface area contributed by atoms with Crippen molar-refractivity contribution in [2.45, 2.75) is 58.9 Å². The van der Waals surface area contributed by atoms with Gasteiger partial charge in [0.1, 0.15) is 42.0 Å². The van der Waals surface area contributed by atoms with Crippen molar-refractivity contribution >= 4 is 5.69 Å². The molecular weight excluding hydrogens is 841 g/mol. The number of para-hydroxylation sites is 4. The zero-order valence-corrected chi connectivity index (χ0v) is 38.4. The Bertz CT molecular complexity index is 2120. The van der Waals surface area contributed by atoms with Crippen LogP contribution in [0.1, 0.15) is 76.8 Å². The highest BCUT2D eigenvalue weighted by atomic mass is 16.6. The third-order valence-corrected chi connectivity index (χ3v) is 11.6. The number of phenols is 1. The van der Waals surface area contributed by atoms with Gasteiger partial charge in [0.15, 0.2) is 0 Å². The average Bonchev–Trinajstić information content (AvgIpc) is 3.31. The summed E-state index contributed by atoms with van der Waals surface area (Å²) in [5, 5.41) is 22.0. The van der Waals surface area contributed by atoms with Crippen LogP contribution in [-0.2, 0) is 51.2 Å². The molecule has 0 atom stereocenters. The monoisotopic (exact) mass is 904 g/mol. The van der Waals surface area contributed by atoms with Crippen molar-refractivity contribution in [3.8, 4) is 28.7 Å². The molecule has 5 aromatic carbocycles. The normalized spacial score (nSPS) is 16.1. The van der Waals surface area contributed by atoms with Crippen molar-refractivity contribution in [1.82, 2.24) is 4.90 Å². The van der Waals surface area contributed by atoms with Crippen LogP contribution in [0.4, 0.5) is 5.69 Å². The number of nitrogens with zero attached hydrogens (tertiary/aromatic N) is 2. The van der Waals surface area contributed by atoms with Crippen LogP contribution in [0.25, 0.3) is 0 Å². The first-order valence-electron chi connectivity index (χ1n) is 23.4. The molecular formula is C53H64N2O11. The Morgan fingerprint density at radius 2 is 0.924 bits per heavy atom. The van der Waals surface area contributed by atoms with Gasteiger partial charge in [-0.3, -0.25) is 15.0 Å². The zero-order valence-electron chi connectivity index (χ0n) is 38.4. The molecule has 0 spiro atoms. The molecule has 0 unspecified atom stereocenters. The summed E-state index contributed by atoms with van der Waals surface area (Å²) < 4.78 is 50.7. The van der Waals surface area contributed by atoms with E-state index in [-0.39, 0.29) is 18.0 Å². The van der Waals surface area contributed by atoms with E-state index in [4.69, 9.17) is 37.9 Å². The number of nitro groups is 1. The molecule has 10 bridgehead atoms. The number of ether oxygens (including phenoxy) is 8. The second-order valence-electron chi connectivity index (χ2n) is 16.5. The third kappa shape index (κ3) is 13.4. The minimum atomic E-state index is -0.464. The maximum atomic E-state index is 11.5. The Morgan fingerprint density at radius 1 is 0.545 bits per heavy atom. The number of non-ortho nitro benzene ring substituents is 1. The van der Waals surface area contributed by atoms with E-state index in [1.54, 1.807) is 0 Å². The van der Waals surface area contributed by atoms with E-state index in [9.17, 15) is 15.2 Å². The van der Waals surface area contributed by atoms with E-state index in [1.807, 2.05) is 4.90 Å². The minimum Gasteiger partial charge on any atom is -0.508 e. The van der Waals surface area contributed by atoms with Crippen molar-refractivity contribution < 1.29 is 47.9 Å². The molecule has 352 valence electrons. The van der Waals surface area contributed by atoms with E-state index in [2.05, 4.69) is 86.6 Å². The molecule has 2 aliphatic heterocycles. The number of nitro benzene ring substituents is 1. The van der Waals surface area contributed by atoms with Crippen molar-refractivity contribution in [3.05, 3.63) is 151 Å². The van der Waals surface area contributed by atoms with Gasteiger partial charge >= 0.3 is 0 Å². The molecule has 13 heteroatoms. The molecule has 8 rings (SSSR count). The molecule has 2 heterocycles. The van der Waals surface area contributed by atoms with Crippen LogP contribution in [0.2, 0.25) is 0 Å². The van der Waals surface area contributed by atoms with Gasteiger partial charge in [-0.1, -0.05) is 86.6 Å². The molecule has 0 saturated heterocycles. The Balaban J connectivity index is 1.20. The second-order valence-corrected chi connectivity index (χ2v) is 16.5. The van der Waals surface area contributed by atoms with Gasteiger partial charge in [-0.2, -0.15) is 0 Å². The van der Waals surface area contributed by atoms with Crippen LogP contribution in [0.15, 0.2) is 91.0 Å². The van der Waals surface area contributed by atoms with Crippen LogP contribution < -0.4 is 18.9 Å². The fourth-order valence-corrected chi connectivity index (χ4v) is 8.40. The summed E-state index contributed by atoms with van der Waals surface area (Å²) in [6.07, 6.45) is 4.17. The molecule has 0 saturated carbocycles. The zero-order chi connectivity index (χ0) is 45.9. The molecule has 5 aromatic rings. The van der Waals surface area contributed by atoms with Crippen molar-refractivity contribution in [2.75, 3.05) is 92.4 Å². The summed E-state index contributed by atoms with van der Waals surface area (Å²) in [4.78, 5) is 13.1. The van der Waals surface area contributed by atoms with Crippen LogP contribution in [0, 0.1) is 10.1 Å². The number of fused-ring (bicyclic) bond motifs is 18. The van der Waals surface area contributed by atoms with Gasteiger partial charge in [-0.05, 0) is 63.4 Å². The summed E-state index contributed by atoms with van der Waals surface area (Å²) in [7, 11) is 0. The number of hydrogen-bond acceptors (Lipinski definition) is 12. The maximum absolute atomic E-state index is 11.5. The topological polar surface area (TPSA) is 140 Å². The molecule has 66 heavy (non-hydrogen) atoms. The molecule has 1 aliphatic carbocycles. The Kier molecular flexibility index (Phi) is 18.5. The highest BCUT2D eigenvalue weighted by Crippen LogP contribution is 2.39. The molecule has 0 aromatic heterocycles. The second kappa shape index (κ2) is 25.3. The van der Waals surface area contributed by atoms with Gasteiger partial charge in [0.25, 0.3) is 5.69 Å². The maximum Gasteiger partial charge on any atom is 0.270 e. The molecule has 0 radical (unpaired) electrons. The Labute approximate surface area is 388 Å². The fraction of sp³-hybridized carbons (Fsp3) is 0.434. The molecule has 13 nitrogen and oxygen atoms in total. The lowest BCUT2D eigenvalue weighted by atomic mass is 9.91. The number of phenolic OH excluding ortho intramolecular Hbond substituents is 1. The van der Waals surface area contributed by atoms with Crippen molar-refractivity contribution in [3.63, 3.8) is 0 Å². The van der Waals surface area contributed by atoms with Crippen LogP contribution in [0.5, 0.6) is 28.7 Å². The van der Waals surface area contributed by atoms with Crippen LogP contribution in [-0.4, -0.2) is 107 Å². The van der Waals surface area contributed by atoms with Gasteiger partial charge in [0.2, 0.25) is 0 Å². The molecule has 1 N–H and O–H groups in total. The predicted octanol–water partition coefficient (Wildman–Crippen LogP) is 8.89. The lowest BCUT2D eigenvalue weighted by Crippen LogP contribution is -2.31. The summed E-state index contributed by atoms with van der Waals surface area (Å²) in [6, 6.07) is 29.7.